The van der Waals surface area contributed by atoms with Crippen molar-refractivity contribution in [2.75, 3.05) is 32.2 Å². The van der Waals surface area contributed by atoms with E-state index in [0.717, 1.165) is 0 Å². The summed E-state index contributed by atoms with van der Waals surface area (Å²) in [5.74, 6) is -1.47. The monoisotopic (exact) mass is 765 g/mol. The van der Waals surface area contributed by atoms with Crippen LogP contribution < -0.4 is 16.4 Å². The van der Waals surface area contributed by atoms with Crippen molar-refractivity contribution >= 4 is 85.3 Å². The second-order valence-electron chi connectivity index (χ2n) is 6.13. The molecule has 1 aromatic carbocycles. The van der Waals surface area contributed by atoms with Gasteiger partial charge in [-0.15, -0.1) is 0 Å². The minimum absolute atomic E-state index is 0.0195. The van der Waals surface area contributed by atoms with Crippen molar-refractivity contribution in [2.24, 2.45) is 0 Å². The van der Waals surface area contributed by atoms with Crippen LogP contribution in [0.1, 0.15) is 20.7 Å². The van der Waals surface area contributed by atoms with Gasteiger partial charge in [-0.05, 0) is 67.8 Å². The van der Waals surface area contributed by atoms with Gasteiger partial charge in [-0.25, -0.2) is 0 Å². The number of carbonyl (C=O) groups is 2. The van der Waals surface area contributed by atoms with Crippen LogP contribution in [0.5, 0.6) is 0 Å². The minimum Gasteiger partial charge on any atom is -0.397 e. The zero-order chi connectivity index (χ0) is 23.2. The topological polar surface area (TPSA) is 206 Å². The molecule has 4 unspecified atom stereocenters. The molecule has 170 valence electrons. The van der Waals surface area contributed by atoms with Gasteiger partial charge in [0.15, 0.2) is 0 Å². The number of aliphatic hydroxyl groups is 6. The third-order valence-corrected chi connectivity index (χ3v) is 7.45. The Kier molecular flexibility index (Phi) is 11.9. The van der Waals surface area contributed by atoms with Gasteiger partial charge in [0.25, 0.3) is 11.8 Å². The van der Waals surface area contributed by atoms with Crippen LogP contribution in [-0.4, -0.2) is 93.2 Å². The maximum atomic E-state index is 12.8. The Balaban J connectivity index is 3.40. The summed E-state index contributed by atoms with van der Waals surface area (Å²) in [5.41, 5.74) is 6.25. The van der Waals surface area contributed by atoms with Crippen LogP contribution in [0.25, 0.3) is 0 Å². The summed E-state index contributed by atoms with van der Waals surface area (Å²) in [6, 6.07) is -2.30. The Labute approximate surface area is 212 Å². The fourth-order valence-electron chi connectivity index (χ4n) is 2.34. The van der Waals surface area contributed by atoms with Gasteiger partial charge in [0.1, 0.15) is 0 Å². The Hall–Kier alpha value is -0.0900. The number of aliphatic hydroxyl groups excluding tert-OH is 6. The average molecular weight is 765 g/mol. The lowest BCUT2D eigenvalue weighted by Crippen LogP contribution is -2.48. The molecular weight excluding hydrogens is 743 g/mol. The molecule has 1 aromatic rings. The predicted molar refractivity (Wildman–Crippen MR) is 132 cm³/mol. The van der Waals surface area contributed by atoms with Gasteiger partial charge in [0.05, 0.1) is 74.7 Å². The van der Waals surface area contributed by atoms with Crippen LogP contribution in [0, 0.1) is 10.7 Å². The van der Waals surface area contributed by atoms with Gasteiger partial charge in [-0.3, -0.25) is 9.59 Å². The smallest absolute Gasteiger partial charge is 0.253 e. The summed E-state index contributed by atoms with van der Waals surface area (Å²) in [6.45, 7) is -2.63. The zero-order valence-electron chi connectivity index (χ0n) is 15.3. The molecule has 0 aliphatic heterocycles. The van der Waals surface area contributed by atoms with E-state index >= 15 is 0 Å². The lowest BCUT2D eigenvalue weighted by molar-refractivity contribution is 0.0386. The van der Waals surface area contributed by atoms with Crippen molar-refractivity contribution in [3.8, 4) is 0 Å². The molecule has 2 amide bonds. The Morgan fingerprint density at radius 2 is 1.07 bits per heavy atom. The molecular formula is C16H22I3N3O8. The van der Waals surface area contributed by atoms with E-state index in [1.54, 1.807) is 22.6 Å². The van der Waals surface area contributed by atoms with E-state index in [1.807, 2.05) is 45.2 Å². The molecule has 0 aliphatic rings. The molecule has 0 fully saturated rings. The van der Waals surface area contributed by atoms with E-state index in [1.165, 1.54) is 0 Å². The molecule has 11 nitrogen and oxygen atoms in total. The SMILES string of the molecule is Nc1c(I)c(C(=O)NC(CO)C(O)CO)c(I)c(C(=O)NC(CO)C(O)CO)c1I. The van der Waals surface area contributed by atoms with Crippen molar-refractivity contribution in [3.63, 3.8) is 0 Å². The van der Waals surface area contributed by atoms with Crippen LogP contribution in [0.3, 0.4) is 0 Å². The molecule has 0 spiro atoms. The standard InChI is InChI=1S/C16H22I3N3O8/c17-11-9(15(29)21-5(1-23)7(27)3-25)12(18)14(20)13(19)10(11)16(30)22-6(2-24)8(28)4-26/h5-8,23-28H,1-4,20H2,(H,21,29)(H,22,30). The van der Waals surface area contributed by atoms with Crippen molar-refractivity contribution in [1.29, 1.82) is 0 Å². The highest BCUT2D eigenvalue weighted by atomic mass is 127. The molecule has 0 saturated heterocycles. The number of carbonyl (C=O) groups excluding carboxylic acids is 2. The van der Waals surface area contributed by atoms with E-state index in [4.69, 9.17) is 15.9 Å². The summed E-state index contributed by atoms with van der Waals surface area (Å²) in [6.07, 6.45) is -2.80. The molecule has 10 N–H and O–H groups in total. The van der Waals surface area contributed by atoms with Gasteiger partial charge >= 0.3 is 0 Å². The van der Waals surface area contributed by atoms with Gasteiger partial charge < -0.3 is 47.0 Å². The first kappa shape index (κ1) is 27.9. The third-order valence-electron chi connectivity index (χ3n) is 4.13. The second-order valence-corrected chi connectivity index (χ2v) is 9.37. The van der Waals surface area contributed by atoms with Gasteiger partial charge in [-0.1, -0.05) is 0 Å². The van der Waals surface area contributed by atoms with Crippen molar-refractivity contribution in [2.45, 2.75) is 24.3 Å². The molecule has 0 aliphatic carbocycles. The van der Waals surface area contributed by atoms with E-state index in [-0.39, 0.29) is 20.4 Å². The highest BCUT2D eigenvalue weighted by Gasteiger charge is 2.30. The first-order valence-corrected chi connectivity index (χ1v) is 11.7. The predicted octanol–water partition coefficient (Wildman–Crippen LogP) is -2.03. The van der Waals surface area contributed by atoms with Crippen molar-refractivity contribution in [3.05, 3.63) is 21.8 Å². The number of amides is 2. The molecule has 30 heavy (non-hydrogen) atoms. The summed E-state index contributed by atoms with van der Waals surface area (Å²) in [7, 11) is 0. The summed E-state index contributed by atoms with van der Waals surface area (Å²) >= 11 is 5.44. The van der Waals surface area contributed by atoms with Crippen molar-refractivity contribution < 1.29 is 40.2 Å². The lowest BCUT2D eigenvalue weighted by atomic mass is 10.1. The number of hydrogen-bond donors (Lipinski definition) is 9. The number of rotatable bonds is 10. The average Bonchev–Trinajstić information content (AvgIpc) is 2.73. The Morgan fingerprint density at radius 1 is 0.733 bits per heavy atom. The van der Waals surface area contributed by atoms with Crippen LogP contribution in [0.15, 0.2) is 0 Å². The molecule has 14 heteroatoms. The van der Waals surface area contributed by atoms with Crippen LogP contribution in [0.4, 0.5) is 5.69 Å². The maximum Gasteiger partial charge on any atom is 0.253 e. The number of nitrogens with two attached hydrogens (primary N) is 1. The molecule has 0 heterocycles. The fourth-order valence-corrected chi connectivity index (χ4v) is 6.49. The number of anilines is 1. The third kappa shape index (κ3) is 6.47. The number of hydrogen-bond acceptors (Lipinski definition) is 9. The Morgan fingerprint density at radius 3 is 1.33 bits per heavy atom. The minimum atomic E-state index is -1.40. The maximum absolute atomic E-state index is 12.8. The van der Waals surface area contributed by atoms with Crippen molar-refractivity contribution in [1.82, 2.24) is 10.6 Å². The van der Waals surface area contributed by atoms with E-state index in [2.05, 4.69) is 10.6 Å². The second kappa shape index (κ2) is 12.8. The number of nitrogens with one attached hydrogen (secondary N) is 2. The molecule has 0 aromatic heterocycles. The van der Waals surface area contributed by atoms with Crippen LogP contribution >= 0.6 is 67.8 Å². The lowest BCUT2D eigenvalue weighted by Gasteiger charge is -2.24. The number of nitrogen functional groups attached to an aromatic ring is 1. The fraction of sp³-hybridized carbons (Fsp3) is 0.500. The molecule has 0 radical (unpaired) electrons. The first-order valence-electron chi connectivity index (χ1n) is 8.42. The molecule has 4 atom stereocenters. The quantitative estimate of drug-likeness (QED) is 0.0951. The number of benzene rings is 1. The van der Waals surface area contributed by atoms with E-state index in [0.29, 0.717) is 7.14 Å². The highest BCUT2D eigenvalue weighted by Crippen LogP contribution is 2.34. The first-order chi connectivity index (χ1) is 14.0. The van der Waals surface area contributed by atoms with Crippen LogP contribution in [0.2, 0.25) is 0 Å². The van der Waals surface area contributed by atoms with Gasteiger partial charge in [0, 0.05) is 3.57 Å². The van der Waals surface area contributed by atoms with Crippen LogP contribution in [-0.2, 0) is 0 Å². The van der Waals surface area contributed by atoms with Gasteiger partial charge in [-0.2, -0.15) is 0 Å². The normalized spacial score (nSPS) is 15.2. The highest BCUT2D eigenvalue weighted by molar-refractivity contribution is 14.1. The summed E-state index contributed by atoms with van der Waals surface area (Å²) < 4.78 is 0.871. The molecule has 0 bridgehead atoms. The summed E-state index contributed by atoms with van der Waals surface area (Å²) in [5, 5.41) is 61.0. The largest absolute Gasteiger partial charge is 0.397 e. The number of halogens is 3. The Bertz CT molecular complexity index is 724. The molecule has 0 saturated carbocycles. The zero-order valence-corrected chi connectivity index (χ0v) is 21.8. The summed E-state index contributed by atoms with van der Waals surface area (Å²) in [4.78, 5) is 25.6. The van der Waals surface area contributed by atoms with E-state index in [9.17, 15) is 30.0 Å². The molecule has 1 rings (SSSR count). The van der Waals surface area contributed by atoms with Gasteiger partial charge in [0.2, 0.25) is 0 Å². The van der Waals surface area contributed by atoms with E-state index < -0.39 is 62.5 Å².